The topological polar surface area (TPSA) is 102 Å². The summed E-state index contributed by atoms with van der Waals surface area (Å²) >= 11 is 0. The van der Waals surface area contributed by atoms with Gasteiger partial charge in [-0.15, -0.1) is 0 Å². The lowest BCUT2D eigenvalue weighted by Gasteiger charge is -2.24. The van der Waals surface area contributed by atoms with Gasteiger partial charge in [-0.1, -0.05) is 5.11 Å². The number of carbonyl (C=O) groups is 1. The monoisotopic (exact) mass is 184 g/mol. The highest BCUT2D eigenvalue weighted by atomic mass is 16.6. The van der Waals surface area contributed by atoms with Gasteiger partial charge in [-0.3, -0.25) is 0 Å². The number of rotatable bonds is 1. The second-order valence-corrected chi connectivity index (χ2v) is 3.10. The van der Waals surface area contributed by atoms with Crippen LogP contribution in [0.25, 0.3) is 10.4 Å². The average Bonchev–Trinajstić information content (AvgIpc) is 2.83. The van der Waals surface area contributed by atoms with Gasteiger partial charge in [-0.05, 0) is 5.53 Å². The standard InChI is InChI=1S/C6H8N4O3/c7-9-8-3-1-10(6(11)12)2-4-5(3)13-4/h3-5H,1-2H2,(H,11,12)/t3-,4-,5+/m0/s1. The zero-order valence-corrected chi connectivity index (χ0v) is 6.70. The predicted octanol–water partition coefficient (Wildman–Crippen LogP) is 0.426. The van der Waals surface area contributed by atoms with Gasteiger partial charge >= 0.3 is 6.09 Å². The molecule has 0 unspecified atom stereocenters. The second-order valence-electron chi connectivity index (χ2n) is 3.10. The van der Waals surface area contributed by atoms with Gasteiger partial charge in [0.2, 0.25) is 0 Å². The number of likely N-dealkylation sites (tertiary alicyclic amines) is 1. The number of carboxylic acid groups (broad SMARTS) is 1. The van der Waals surface area contributed by atoms with Crippen molar-refractivity contribution in [3.63, 3.8) is 0 Å². The Bertz CT molecular complexity index is 288. The second kappa shape index (κ2) is 2.79. The lowest BCUT2D eigenvalue weighted by molar-refractivity contribution is 0.136. The van der Waals surface area contributed by atoms with Crippen LogP contribution in [0.15, 0.2) is 5.11 Å². The van der Waals surface area contributed by atoms with Crippen LogP contribution in [0.5, 0.6) is 0 Å². The zero-order valence-electron chi connectivity index (χ0n) is 6.70. The Morgan fingerprint density at radius 2 is 2.46 bits per heavy atom. The van der Waals surface area contributed by atoms with Crippen LogP contribution in [0.4, 0.5) is 4.79 Å². The summed E-state index contributed by atoms with van der Waals surface area (Å²) in [6.45, 7) is 0.623. The molecule has 1 N–H and O–H groups in total. The third-order valence-corrected chi connectivity index (χ3v) is 2.28. The fourth-order valence-electron chi connectivity index (χ4n) is 1.59. The molecule has 2 rings (SSSR count). The summed E-state index contributed by atoms with van der Waals surface area (Å²) in [5, 5.41) is 12.2. The van der Waals surface area contributed by atoms with Gasteiger partial charge in [0.15, 0.2) is 0 Å². The summed E-state index contributed by atoms with van der Waals surface area (Å²) in [7, 11) is 0. The van der Waals surface area contributed by atoms with E-state index in [0.29, 0.717) is 6.54 Å². The van der Waals surface area contributed by atoms with E-state index in [1.165, 1.54) is 4.90 Å². The van der Waals surface area contributed by atoms with Gasteiger partial charge in [0.05, 0.1) is 18.7 Å². The van der Waals surface area contributed by atoms with Crippen LogP contribution in [0.3, 0.4) is 0 Å². The molecule has 7 nitrogen and oxygen atoms in total. The van der Waals surface area contributed by atoms with Crippen LogP contribution in [0.1, 0.15) is 0 Å². The minimum absolute atomic E-state index is 0.0634. The molecule has 2 aliphatic heterocycles. The minimum atomic E-state index is -0.993. The molecule has 70 valence electrons. The minimum Gasteiger partial charge on any atom is -0.465 e. The predicted molar refractivity (Wildman–Crippen MR) is 41.2 cm³/mol. The first-order valence-corrected chi connectivity index (χ1v) is 3.90. The van der Waals surface area contributed by atoms with E-state index in [0.717, 1.165) is 0 Å². The van der Waals surface area contributed by atoms with Crippen molar-refractivity contribution < 1.29 is 14.6 Å². The molecule has 13 heavy (non-hydrogen) atoms. The number of hydrogen-bond acceptors (Lipinski definition) is 3. The Balaban J connectivity index is 2.06. The van der Waals surface area contributed by atoms with E-state index in [1.807, 2.05) is 0 Å². The van der Waals surface area contributed by atoms with Crippen LogP contribution in [0, 0.1) is 0 Å². The van der Waals surface area contributed by atoms with Gasteiger partial charge in [0.25, 0.3) is 0 Å². The van der Waals surface area contributed by atoms with E-state index in [9.17, 15) is 4.79 Å². The van der Waals surface area contributed by atoms with Crippen molar-refractivity contribution in [2.45, 2.75) is 18.2 Å². The normalized spacial score (nSPS) is 36.0. The fraction of sp³-hybridized carbons (Fsp3) is 0.833. The van der Waals surface area contributed by atoms with Crippen molar-refractivity contribution in [3.05, 3.63) is 10.4 Å². The Kier molecular flexibility index (Phi) is 1.75. The molecule has 2 saturated heterocycles. The molecule has 0 bridgehead atoms. The lowest BCUT2D eigenvalue weighted by atomic mass is 10.1. The van der Waals surface area contributed by atoms with Crippen LogP contribution in [0.2, 0.25) is 0 Å². The number of nitrogens with zero attached hydrogens (tertiary/aromatic N) is 4. The maximum Gasteiger partial charge on any atom is 0.407 e. The Hall–Kier alpha value is -1.46. The van der Waals surface area contributed by atoms with Crippen LogP contribution in [-0.2, 0) is 4.74 Å². The van der Waals surface area contributed by atoms with Crippen molar-refractivity contribution in [2.75, 3.05) is 13.1 Å². The molecule has 7 heteroatoms. The van der Waals surface area contributed by atoms with E-state index >= 15 is 0 Å². The van der Waals surface area contributed by atoms with Gasteiger partial charge < -0.3 is 14.7 Å². The van der Waals surface area contributed by atoms with E-state index in [-0.39, 0.29) is 24.8 Å². The number of azide groups is 1. The number of epoxide rings is 1. The van der Waals surface area contributed by atoms with Crippen molar-refractivity contribution in [1.29, 1.82) is 0 Å². The SMILES string of the molecule is [N-]=[N+]=N[C@H]1CN(C(=O)O)C[C@@H]2O[C@H]12. The highest BCUT2D eigenvalue weighted by Crippen LogP contribution is 2.32. The molecule has 0 aromatic carbocycles. The summed E-state index contributed by atoms with van der Waals surface area (Å²) in [5.41, 5.74) is 8.22. The van der Waals surface area contributed by atoms with Crippen LogP contribution >= 0.6 is 0 Å². The average molecular weight is 184 g/mol. The van der Waals surface area contributed by atoms with E-state index in [4.69, 9.17) is 15.4 Å². The first-order chi connectivity index (χ1) is 6.22. The molecule has 0 radical (unpaired) electrons. The summed E-state index contributed by atoms with van der Waals surface area (Å²) in [6, 6.07) is -0.361. The van der Waals surface area contributed by atoms with Crippen LogP contribution < -0.4 is 0 Å². The smallest absolute Gasteiger partial charge is 0.407 e. The Labute approximate surface area is 73.5 Å². The molecule has 2 aliphatic rings. The highest BCUT2D eigenvalue weighted by molar-refractivity contribution is 5.65. The van der Waals surface area contributed by atoms with E-state index in [1.54, 1.807) is 0 Å². The molecule has 3 atom stereocenters. The van der Waals surface area contributed by atoms with Gasteiger partial charge in [-0.25, -0.2) is 4.79 Å². The number of fused-ring (bicyclic) bond motifs is 1. The van der Waals surface area contributed by atoms with Crippen LogP contribution in [-0.4, -0.2) is 47.4 Å². The van der Waals surface area contributed by atoms with Crippen molar-refractivity contribution >= 4 is 6.09 Å². The Morgan fingerprint density at radius 1 is 1.69 bits per heavy atom. The van der Waals surface area contributed by atoms with E-state index in [2.05, 4.69) is 10.0 Å². The number of ether oxygens (including phenoxy) is 1. The third-order valence-electron chi connectivity index (χ3n) is 2.28. The molecular weight excluding hydrogens is 176 g/mol. The number of amides is 1. The number of hydrogen-bond donors (Lipinski definition) is 1. The Morgan fingerprint density at radius 3 is 3.08 bits per heavy atom. The van der Waals surface area contributed by atoms with Crippen molar-refractivity contribution in [1.82, 2.24) is 4.90 Å². The highest BCUT2D eigenvalue weighted by Gasteiger charge is 2.50. The molecule has 0 aromatic rings. The first kappa shape index (κ1) is 8.15. The molecule has 2 heterocycles. The van der Waals surface area contributed by atoms with E-state index < -0.39 is 6.09 Å². The first-order valence-electron chi connectivity index (χ1n) is 3.90. The lowest BCUT2D eigenvalue weighted by Crippen LogP contribution is -2.45. The third kappa shape index (κ3) is 1.39. The summed E-state index contributed by atoms with van der Waals surface area (Å²) < 4.78 is 5.15. The maximum atomic E-state index is 10.6. The summed E-state index contributed by atoms with van der Waals surface area (Å²) in [5.74, 6) is 0. The summed E-state index contributed by atoms with van der Waals surface area (Å²) in [4.78, 5) is 14.5. The fourth-order valence-corrected chi connectivity index (χ4v) is 1.59. The zero-order chi connectivity index (χ0) is 9.42. The maximum absolute atomic E-state index is 10.6. The largest absolute Gasteiger partial charge is 0.465 e. The molecule has 0 spiro atoms. The molecule has 0 aromatic heterocycles. The van der Waals surface area contributed by atoms with Gasteiger partial charge in [0.1, 0.15) is 6.10 Å². The molecule has 2 fully saturated rings. The molecular formula is C6H8N4O3. The molecule has 0 saturated carbocycles. The molecule has 0 aliphatic carbocycles. The van der Waals surface area contributed by atoms with Gasteiger partial charge in [-0.2, -0.15) is 0 Å². The van der Waals surface area contributed by atoms with Crippen molar-refractivity contribution in [2.24, 2.45) is 5.11 Å². The van der Waals surface area contributed by atoms with Gasteiger partial charge in [0, 0.05) is 11.5 Å². The summed E-state index contributed by atoms with van der Waals surface area (Å²) in [6.07, 6.45) is -1.13. The van der Waals surface area contributed by atoms with Crippen molar-refractivity contribution in [3.8, 4) is 0 Å². The number of piperidine rings is 1. The quantitative estimate of drug-likeness (QED) is 0.276. The molecule has 1 amide bonds.